The molecular formula is C19H21N5O3. The Kier molecular flexibility index (Phi) is 5.07. The number of rotatable bonds is 5. The molecular weight excluding hydrogens is 346 g/mol. The van der Waals surface area contributed by atoms with E-state index in [0.717, 1.165) is 11.4 Å². The molecule has 0 atom stereocenters. The van der Waals surface area contributed by atoms with Gasteiger partial charge in [0, 0.05) is 31.2 Å². The number of hydrogen-bond acceptors (Lipinski definition) is 5. The number of fused-ring (bicyclic) bond motifs is 1. The Balaban J connectivity index is 1.70. The van der Waals surface area contributed by atoms with E-state index in [1.165, 1.54) is 11.1 Å². The van der Waals surface area contributed by atoms with E-state index in [4.69, 9.17) is 4.74 Å². The molecule has 0 fully saturated rings. The van der Waals surface area contributed by atoms with Crippen LogP contribution in [0.5, 0.6) is 5.75 Å². The predicted molar refractivity (Wildman–Crippen MR) is 101 cm³/mol. The first kappa shape index (κ1) is 18.4. The molecule has 0 unspecified atom stereocenters. The van der Waals surface area contributed by atoms with Crippen LogP contribution >= 0.6 is 0 Å². The predicted octanol–water partition coefficient (Wildman–Crippen LogP) is 2.07. The van der Waals surface area contributed by atoms with Crippen LogP contribution in [0.1, 0.15) is 21.7 Å². The lowest BCUT2D eigenvalue weighted by Crippen LogP contribution is -2.27. The maximum atomic E-state index is 12.6. The summed E-state index contributed by atoms with van der Waals surface area (Å²) in [5, 5.41) is 7.05. The highest BCUT2D eigenvalue weighted by Crippen LogP contribution is 2.18. The summed E-state index contributed by atoms with van der Waals surface area (Å²) in [7, 11) is 3.34. The van der Waals surface area contributed by atoms with Crippen molar-refractivity contribution in [3.05, 3.63) is 53.5 Å². The minimum absolute atomic E-state index is 0.0362. The SMILES string of the molecule is Cc1cc(C)n2ncc(C(=O)Nc3ccc(OCC(=O)N(C)C)cc3)c2n1. The molecule has 140 valence electrons. The minimum Gasteiger partial charge on any atom is -0.484 e. The fraction of sp³-hybridized carbons (Fsp3) is 0.263. The molecule has 2 heterocycles. The van der Waals surface area contributed by atoms with Crippen molar-refractivity contribution < 1.29 is 14.3 Å². The first-order valence-electron chi connectivity index (χ1n) is 8.41. The third kappa shape index (κ3) is 4.05. The third-order valence-corrected chi connectivity index (χ3v) is 4.00. The van der Waals surface area contributed by atoms with Crippen molar-refractivity contribution in [2.75, 3.05) is 26.0 Å². The molecule has 0 aliphatic heterocycles. The van der Waals surface area contributed by atoms with Crippen molar-refractivity contribution >= 4 is 23.1 Å². The molecule has 0 spiro atoms. The normalized spacial score (nSPS) is 10.7. The van der Waals surface area contributed by atoms with Gasteiger partial charge in [0.15, 0.2) is 12.3 Å². The molecule has 0 aliphatic rings. The number of nitrogens with zero attached hydrogens (tertiary/aromatic N) is 4. The minimum atomic E-state index is -0.293. The van der Waals surface area contributed by atoms with Crippen LogP contribution in [0.15, 0.2) is 36.5 Å². The molecule has 8 heteroatoms. The van der Waals surface area contributed by atoms with Crippen molar-refractivity contribution in [3.8, 4) is 5.75 Å². The van der Waals surface area contributed by atoms with Gasteiger partial charge in [-0.3, -0.25) is 9.59 Å². The fourth-order valence-electron chi connectivity index (χ4n) is 2.54. The van der Waals surface area contributed by atoms with Gasteiger partial charge < -0.3 is 15.0 Å². The van der Waals surface area contributed by atoms with Crippen molar-refractivity contribution in [1.29, 1.82) is 0 Å². The molecule has 0 aliphatic carbocycles. The number of ether oxygens (including phenoxy) is 1. The third-order valence-electron chi connectivity index (χ3n) is 4.00. The monoisotopic (exact) mass is 367 g/mol. The lowest BCUT2D eigenvalue weighted by Gasteiger charge is -2.11. The molecule has 27 heavy (non-hydrogen) atoms. The second-order valence-corrected chi connectivity index (χ2v) is 6.39. The standard InChI is InChI=1S/C19H21N5O3/c1-12-9-13(2)24-18(21-12)16(10-20-24)19(26)22-14-5-7-15(8-6-14)27-11-17(25)23(3)4/h5-10H,11H2,1-4H3,(H,22,26). The van der Waals surface area contributed by atoms with Crippen LogP contribution in [0.3, 0.4) is 0 Å². The van der Waals surface area contributed by atoms with Crippen LogP contribution in [0, 0.1) is 13.8 Å². The van der Waals surface area contributed by atoms with Gasteiger partial charge in [0.25, 0.3) is 11.8 Å². The first-order valence-corrected chi connectivity index (χ1v) is 8.41. The van der Waals surface area contributed by atoms with E-state index >= 15 is 0 Å². The average Bonchev–Trinajstić information content (AvgIpc) is 3.05. The van der Waals surface area contributed by atoms with E-state index in [0.29, 0.717) is 22.6 Å². The van der Waals surface area contributed by atoms with E-state index < -0.39 is 0 Å². The Bertz CT molecular complexity index is 992. The molecule has 8 nitrogen and oxygen atoms in total. The topological polar surface area (TPSA) is 88.8 Å². The van der Waals surface area contributed by atoms with Gasteiger partial charge >= 0.3 is 0 Å². The number of amides is 2. The summed E-state index contributed by atoms with van der Waals surface area (Å²) in [5.41, 5.74) is 3.26. The largest absolute Gasteiger partial charge is 0.484 e. The molecule has 0 bridgehead atoms. The zero-order valence-corrected chi connectivity index (χ0v) is 15.7. The summed E-state index contributed by atoms with van der Waals surface area (Å²) in [6.07, 6.45) is 1.51. The number of carbonyl (C=O) groups is 2. The molecule has 0 saturated carbocycles. The van der Waals surface area contributed by atoms with Crippen LogP contribution in [0.4, 0.5) is 5.69 Å². The van der Waals surface area contributed by atoms with Gasteiger partial charge in [0.1, 0.15) is 11.3 Å². The summed E-state index contributed by atoms with van der Waals surface area (Å²) < 4.78 is 7.06. The number of benzene rings is 1. The number of aromatic nitrogens is 3. The lowest BCUT2D eigenvalue weighted by atomic mass is 10.2. The summed E-state index contributed by atoms with van der Waals surface area (Å²) >= 11 is 0. The van der Waals surface area contributed by atoms with Crippen LogP contribution in [-0.2, 0) is 4.79 Å². The molecule has 1 N–H and O–H groups in total. The van der Waals surface area contributed by atoms with Crippen LogP contribution in [0.2, 0.25) is 0 Å². The van der Waals surface area contributed by atoms with Crippen LogP contribution < -0.4 is 10.1 Å². The Morgan fingerprint density at radius 3 is 2.56 bits per heavy atom. The Morgan fingerprint density at radius 1 is 1.19 bits per heavy atom. The summed E-state index contributed by atoms with van der Waals surface area (Å²) in [4.78, 5) is 30.0. The zero-order chi connectivity index (χ0) is 19.6. The molecule has 3 aromatic rings. The van der Waals surface area contributed by atoms with Crippen LogP contribution in [-0.4, -0.2) is 52.0 Å². The summed E-state index contributed by atoms with van der Waals surface area (Å²) in [5.74, 6) is 0.129. The number of anilines is 1. The van der Waals surface area contributed by atoms with Gasteiger partial charge in [0.05, 0.1) is 6.20 Å². The Morgan fingerprint density at radius 2 is 1.89 bits per heavy atom. The number of hydrogen-bond donors (Lipinski definition) is 1. The van der Waals surface area contributed by atoms with E-state index in [-0.39, 0.29) is 18.4 Å². The molecule has 2 amide bonds. The van der Waals surface area contributed by atoms with E-state index in [9.17, 15) is 9.59 Å². The highest BCUT2D eigenvalue weighted by atomic mass is 16.5. The smallest absolute Gasteiger partial charge is 0.261 e. The van der Waals surface area contributed by atoms with Gasteiger partial charge in [-0.1, -0.05) is 0 Å². The summed E-state index contributed by atoms with van der Waals surface area (Å²) in [6, 6.07) is 8.72. The van der Waals surface area contributed by atoms with E-state index in [1.54, 1.807) is 42.9 Å². The van der Waals surface area contributed by atoms with Gasteiger partial charge in [-0.15, -0.1) is 0 Å². The van der Waals surface area contributed by atoms with Crippen molar-refractivity contribution in [2.24, 2.45) is 0 Å². The first-order chi connectivity index (χ1) is 12.8. The van der Waals surface area contributed by atoms with Crippen molar-refractivity contribution in [2.45, 2.75) is 13.8 Å². The molecule has 2 aromatic heterocycles. The van der Waals surface area contributed by atoms with Crippen molar-refractivity contribution in [1.82, 2.24) is 19.5 Å². The number of carbonyl (C=O) groups excluding carboxylic acids is 2. The molecule has 0 radical (unpaired) electrons. The number of likely N-dealkylation sites (N-methyl/N-ethyl adjacent to an activating group) is 1. The number of aryl methyl sites for hydroxylation is 2. The second-order valence-electron chi connectivity index (χ2n) is 6.39. The van der Waals surface area contributed by atoms with E-state index in [1.807, 2.05) is 19.9 Å². The molecule has 1 aromatic carbocycles. The number of nitrogens with one attached hydrogen (secondary N) is 1. The summed E-state index contributed by atoms with van der Waals surface area (Å²) in [6.45, 7) is 3.75. The lowest BCUT2D eigenvalue weighted by molar-refractivity contribution is -0.130. The Labute approximate surface area is 156 Å². The second kappa shape index (κ2) is 7.45. The fourth-order valence-corrected chi connectivity index (χ4v) is 2.54. The molecule has 0 saturated heterocycles. The average molecular weight is 367 g/mol. The van der Waals surface area contributed by atoms with Crippen LogP contribution in [0.25, 0.3) is 5.65 Å². The van der Waals surface area contributed by atoms with Gasteiger partial charge in [-0.25, -0.2) is 9.50 Å². The van der Waals surface area contributed by atoms with Gasteiger partial charge in [-0.05, 0) is 44.2 Å². The zero-order valence-electron chi connectivity index (χ0n) is 15.7. The maximum absolute atomic E-state index is 12.6. The van der Waals surface area contributed by atoms with Crippen molar-refractivity contribution in [3.63, 3.8) is 0 Å². The highest BCUT2D eigenvalue weighted by Gasteiger charge is 2.15. The Hall–Kier alpha value is -3.42. The maximum Gasteiger partial charge on any atom is 0.261 e. The van der Waals surface area contributed by atoms with E-state index in [2.05, 4.69) is 15.4 Å². The molecule has 3 rings (SSSR count). The highest BCUT2D eigenvalue weighted by molar-refractivity contribution is 6.08. The van der Waals surface area contributed by atoms with Gasteiger partial charge in [-0.2, -0.15) is 5.10 Å². The van der Waals surface area contributed by atoms with Gasteiger partial charge in [0.2, 0.25) is 0 Å². The quantitative estimate of drug-likeness (QED) is 0.746.